The van der Waals surface area contributed by atoms with Crippen LogP contribution in [0.4, 0.5) is 0 Å². The fourth-order valence-electron chi connectivity index (χ4n) is 1.65. The second kappa shape index (κ2) is 5.12. The molecule has 0 atom stereocenters. The van der Waals surface area contributed by atoms with Crippen LogP contribution in [-0.4, -0.2) is 17.7 Å². The first-order chi connectivity index (χ1) is 7.75. The van der Waals surface area contributed by atoms with Gasteiger partial charge in [0.05, 0.1) is 13.0 Å². The minimum Gasteiger partial charge on any atom is -0.481 e. The maximum atomic E-state index is 10.7. The van der Waals surface area contributed by atoms with Crippen molar-refractivity contribution in [2.24, 2.45) is 5.92 Å². The number of carbonyl (C=O) groups is 1. The van der Waals surface area contributed by atoms with Crippen molar-refractivity contribution in [3.8, 4) is 0 Å². The first-order valence-electron chi connectivity index (χ1n) is 5.62. The zero-order chi connectivity index (χ0) is 11.4. The molecule has 0 aromatic heterocycles. The molecule has 0 aliphatic heterocycles. The van der Waals surface area contributed by atoms with E-state index in [0.29, 0.717) is 6.61 Å². The first-order valence-corrected chi connectivity index (χ1v) is 5.62. The summed E-state index contributed by atoms with van der Waals surface area (Å²) in [6, 6.07) is 7.57. The summed E-state index contributed by atoms with van der Waals surface area (Å²) < 4.78 is 5.57. The molecule has 2 rings (SSSR count). The highest BCUT2D eigenvalue weighted by Crippen LogP contribution is 2.29. The van der Waals surface area contributed by atoms with Crippen molar-refractivity contribution in [2.75, 3.05) is 6.61 Å². The summed E-state index contributed by atoms with van der Waals surface area (Å²) in [5.74, 6) is -0.0544. The lowest BCUT2D eigenvalue weighted by Crippen LogP contribution is -2.05. The maximum absolute atomic E-state index is 10.7. The standard InChI is InChI=1S/C13H16O3/c14-13(15)7-11-3-1-2-4-12(11)9-16-8-10-5-6-10/h1-4,10H,5-9H2,(H,14,15). The SMILES string of the molecule is O=C(O)Cc1ccccc1COCC1CC1. The second-order valence-electron chi connectivity index (χ2n) is 4.30. The van der Waals surface area contributed by atoms with Crippen LogP contribution in [0.3, 0.4) is 0 Å². The zero-order valence-corrected chi connectivity index (χ0v) is 9.19. The molecule has 0 bridgehead atoms. The van der Waals surface area contributed by atoms with Crippen LogP contribution in [0, 0.1) is 5.92 Å². The van der Waals surface area contributed by atoms with Crippen molar-refractivity contribution in [2.45, 2.75) is 25.9 Å². The van der Waals surface area contributed by atoms with Gasteiger partial charge in [-0.1, -0.05) is 24.3 Å². The van der Waals surface area contributed by atoms with E-state index in [9.17, 15) is 4.79 Å². The predicted octanol–water partition coefficient (Wildman–Crippen LogP) is 2.24. The average Bonchev–Trinajstić information content (AvgIpc) is 3.04. The molecule has 1 fully saturated rings. The van der Waals surface area contributed by atoms with Crippen molar-refractivity contribution in [3.05, 3.63) is 35.4 Å². The van der Waals surface area contributed by atoms with E-state index in [1.54, 1.807) is 0 Å². The van der Waals surface area contributed by atoms with Crippen LogP contribution in [0.25, 0.3) is 0 Å². The Morgan fingerprint density at radius 2 is 2.00 bits per heavy atom. The quantitative estimate of drug-likeness (QED) is 0.799. The fourth-order valence-corrected chi connectivity index (χ4v) is 1.65. The van der Waals surface area contributed by atoms with E-state index in [1.807, 2.05) is 24.3 Å². The third kappa shape index (κ3) is 3.35. The van der Waals surface area contributed by atoms with Gasteiger partial charge in [-0.05, 0) is 29.9 Å². The van der Waals surface area contributed by atoms with Crippen LogP contribution in [-0.2, 0) is 22.6 Å². The third-order valence-electron chi connectivity index (χ3n) is 2.77. The monoisotopic (exact) mass is 220 g/mol. The molecule has 1 N–H and O–H groups in total. The summed E-state index contributed by atoms with van der Waals surface area (Å²) in [7, 11) is 0. The molecular weight excluding hydrogens is 204 g/mol. The van der Waals surface area contributed by atoms with Crippen LogP contribution in [0.15, 0.2) is 24.3 Å². The van der Waals surface area contributed by atoms with Gasteiger partial charge in [0.1, 0.15) is 0 Å². The molecule has 16 heavy (non-hydrogen) atoms. The molecule has 3 heteroatoms. The normalized spacial score (nSPS) is 15.0. The molecule has 1 aromatic rings. The predicted molar refractivity (Wildman–Crippen MR) is 60.2 cm³/mol. The number of ether oxygens (including phenoxy) is 1. The van der Waals surface area contributed by atoms with Crippen LogP contribution in [0.2, 0.25) is 0 Å². The van der Waals surface area contributed by atoms with Gasteiger partial charge in [-0.15, -0.1) is 0 Å². The fraction of sp³-hybridized carbons (Fsp3) is 0.462. The van der Waals surface area contributed by atoms with Crippen molar-refractivity contribution >= 4 is 5.97 Å². The maximum Gasteiger partial charge on any atom is 0.307 e. The number of hydrogen-bond donors (Lipinski definition) is 1. The second-order valence-corrected chi connectivity index (χ2v) is 4.30. The number of hydrogen-bond acceptors (Lipinski definition) is 2. The Labute approximate surface area is 95.0 Å². The Balaban J connectivity index is 1.91. The van der Waals surface area contributed by atoms with E-state index < -0.39 is 5.97 Å². The van der Waals surface area contributed by atoms with E-state index in [2.05, 4.69) is 0 Å². The number of carboxylic acid groups (broad SMARTS) is 1. The molecular formula is C13H16O3. The van der Waals surface area contributed by atoms with E-state index in [4.69, 9.17) is 9.84 Å². The van der Waals surface area contributed by atoms with Gasteiger partial charge in [0.25, 0.3) is 0 Å². The molecule has 0 heterocycles. The molecule has 1 aliphatic rings. The lowest BCUT2D eigenvalue weighted by atomic mass is 10.1. The molecule has 1 saturated carbocycles. The topological polar surface area (TPSA) is 46.5 Å². The Hall–Kier alpha value is -1.35. The minimum absolute atomic E-state index is 0.0724. The van der Waals surface area contributed by atoms with Gasteiger partial charge in [0.15, 0.2) is 0 Å². The molecule has 0 amide bonds. The zero-order valence-electron chi connectivity index (χ0n) is 9.19. The van der Waals surface area contributed by atoms with Crippen molar-refractivity contribution in [1.29, 1.82) is 0 Å². The summed E-state index contributed by atoms with van der Waals surface area (Å²) in [6.07, 6.45) is 2.62. The number of carboxylic acids is 1. The molecule has 3 nitrogen and oxygen atoms in total. The summed E-state index contributed by atoms with van der Waals surface area (Å²) in [5, 5.41) is 8.77. The first kappa shape index (κ1) is 11.1. The minimum atomic E-state index is -0.797. The smallest absolute Gasteiger partial charge is 0.307 e. The van der Waals surface area contributed by atoms with Gasteiger partial charge in [0.2, 0.25) is 0 Å². The van der Waals surface area contributed by atoms with Crippen molar-refractivity contribution < 1.29 is 14.6 Å². The molecule has 0 unspecified atom stereocenters. The summed E-state index contributed by atoms with van der Waals surface area (Å²) in [6.45, 7) is 1.33. The number of rotatable bonds is 6. The van der Waals surface area contributed by atoms with Gasteiger partial charge < -0.3 is 9.84 Å². The van der Waals surface area contributed by atoms with Gasteiger partial charge >= 0.3 is 5.97 Å². The lowest BCUT2D eigenvalue weighted by Gasteiger charge is -2.08. The largest absolute Gasteiger partial charge is 0.481 e. The van der Waals surface area contributed by atoms with Crippen LogP contribution in [0.1, 0.15) is 24.0 Å². The lowest BCUT2D eigenvalue weighted by molar-refractivity contribution is -0.136. The van der Waals surface area contributed by atoms with E-state index in [1.165, 1.54) is 12.8 Å². The average molecular weight is 220 g/mol. The van der Waals surface area contributed by atoms with Crippen LogP contribution < -0.4 is 0 Å². The summed E-state index contributed by atoms with van der Waals surface area (Å²) >= 11 is 0. The van der Waals surface area contributed by atoms with Crippen molar-refractivity contribution in [3.63, 3.8) is 0 Å². The van der Waals surface area contributed by atoms with Crippen LogP contribution in [0.5, 0.6) is 0 Å². The third-order valence-corrected chi connectivity index (χ3v) is 2.77. The van der Waals surface area contributed by atoms with E-state index in [-0.39, 0.29) is 6.42 Å². The molecule has 86 valence electrons. The van der Waals surface area contributed by atoms with Gasteiger partial charge in [0, 0.05) is 6.61 Å². The Kier molecular flexibility index (Phi) is 3.57. The highest BCUT2D eigenvalue weighted by atomic mass is 16.5. The van der Waals surface area contributed by atoms with Gasteiger partial charge in [-0.2, -0.15) is 0 Å². The van der Waals surface area contributed by atoms with Gasteiger partial charge in [-0.25, -0.2) is 0 Å². The number of aliphatic carboxylic acids is 1. The van der Waals surface area contributed by atoms with Crippen LogP contribution >= 0.6 is 0 Å². The molecule has 1 aromatic carbocycles. The highest BCUT2D eigenvalue weighted by Gasteiger charge is 2.21. The Morgan fingerprint density at radius 3 is 2.62 bits per heavy atom. The Bertz CT molecular complexity index is 369. The molecule has 1 aliphatic carbocycles. The summed E-state index contributed by atoms with van der Waals surface area (Å²) in [4.78, 5) is 10.7. The van der Waals surface area contributed by atoms with E-state index in [0.717, 1.165) is 23.7 Å². The van der Waals surface area contributed by atoms with E-state index >= 15 is 0 Å². The molecule has 0 saturated heterocycles. The molecule has 0 radical (unpaired) electrons. The molecule has 0 spiro atoms. The Morgan fingerprint density at radius 1 is 1.31 bits per heavy atom. The summed E-state index contributed by atoms with van der Waals surface area (Å²) in [5.41, 5.74) is 1.84. The number of benzene rings is 1. The van der Waals surface area contributed by atoms with Gasteiger partial charge in [-0.3, -0.25) is 4.79 Å². The van der Waals surface area contributed by atoms with Crippen molar-refractivity contribution in [1.82, 2.24) is 0 Å². The highest BCUT2D eigenvalue weighted by molar-refractivity contribution is 5.70.